The average Bonchev–Trinajstić information content (AvgIpc) is 2.35. The van der Waals surface area contributed by atoms with E-state index in [0.29, 0.717) is 0 Å². The summed E-state index contributed by atoms with van der Waals surface area (Å²) >= 11 is 0. The second-order valence-corrected chi connectivity index (χ2v) is 2.65. The first-order valence-corrected chi connectivity index (χ1v) is 3.49. The monoisotopic (exact) mass is 417 g/mol. The van der Waals surface area contributed by atoms with Crippen molar-refractivity contribution in [1.82, 2.24) is 9.55 Å². The van der Waals surface area contributed by atoms with Crippen LogP contribution in [0.2, 0.25) is 0 Å². The van der Waals surface area contributed by atoms with E-state index in [9.17, 15) is 0 Å². The van der Waals surface area contributed by atoms with Gasteiger partial charge in [-0.25, -0.2) is 0 Å². The molecule has 0 fully saturated rings. The largest absolute Gasteiger partial charge is 0.400 e. The van der Waals surface area contributed by atoms with E-state index in [1.54, 1.807) is 0 Å². The van der Waals surface area contributed by atoms with Gasteiger partial charge in [-0.05, 0) is 7.05 Å². The van der Waals surface area contributed by atoms with Crippen LogP contribution >= 0.6 is 0 Å². The number of nitrogens with zero attached hydrogens (tertiary/aromatic N) is 2. The number of pyridine rings is 1. The van der Waals surface area contributed by atoms with Gasteiger partial charge in [0.25, 0.3) is 0 Å². The van der Waals surface area contributed by atoms with E-state index < -0.39 is 0 Å². The molecule has 0 saturated carbocycles. The second-order valence-electron chi connectivity index (χ2n) is 2.65. The van der Waals surface area contributed by atoms with Crippen LogP contribution in [0.25, 0.3) is 11.0 Å². The molecule has 0 amide bonds. The van der Waals surface area contributed by atoms with E-state index in [4.69, 9.17) is 0 Å². The molecule has 4 heteroatoms. The summed E-state index contributed by atoms with van der Waals surface area (Å²) in [6, 6.07) is 5.01. The third-order valence-corrected chi connectivity index (χ3v) is 1.81. The molecule has 0 atom stereocenters. The molecule has 13 heavy (non-hydrogen) atoms. The van der Waals surface area contributed by atoms with Gasteiger partial charge in [-0.3, -0.25) is 0 Å². The molecule has 0 aliphatic rings. The third kappa shape index (κ3) is 2.49. The van der Waals surface area contributed by atoms with Crippen molar-refractivity contribution >= 4 is 11.0 Å². The molecule has 2 heterocycles. The van der Waals surface area contributed by atoms with Crippen LogP contribution in [0.1, 0.15) is 5.56 Å². The Morgan fingerprint density at radius 1 is 1.46 bits per heavy atom. The van der Waals surface area contributed by atoms with Crippen LogP contribution in [0, 0.1) is 19.2 Å². The van der Waals surface area contributed by atoms with Crippen molar-refractivity contribution in [2.75, 3.05) is 0 Å². The molecule has 0 saturated heterocycles. The van der Waals surface area contributed by atoms with Gasteiger partial charge in [-0.15, -0.1) is 5.39 Å². The standard InChI is InChI=1S/C9H8N2.W.Y/c1-7-3-5-10-9-8(7)4-6-11(9)2;;/h3,6H,1-2H3;;/q-2;;. The Balaban J connectivity index is 0.000000720. The van der Waals surface area contributed by atoms with E-state index in [0.717, 1.165) is 11.0 Å². The van der Waals surface area contributed by atoms with Gasteiger partial charge in [0.2, 0.25) is 0 Å². The van der Waals surface area contributed by atoms with E-state index in [2.05, 4.69) is 17.2 Å². The van der Waals surface area contributed by atoms with Gasteiger partial charge in [0.05, 0.1) is 0 Å². The van der Waals surface area contributed by atoms with Crippen molar-refractivity contribution in [2.24, 2.45) is 7.05 Å². The van der Waals surface area contributed by atoms with E-state index in [-0.39, 0.29) is 53.8 Å². The third-order valence-electron chi connectivity index (χ3n) is 1.81. The molecule has 0 aliphatic carbocycles. The van der Waals surface area contributed by atoms with Crippen LogP contribution in [0.5, 0.6) is 0 Å². The molecule has 65 valence electrons. The van der Waals surface area contributed by atoms with E-state index >= 15 is 0 Å². The summed E-state index contributed by atoms with van der Waals surface area (Å²) < 4.78 is 1.94. The Morgan fingerprint density at radius 2 is 2.15 bits per heavy atom. The van der Waals surface area contributed by atoms with Crippen LogP contribution in [-0.2, 0) is 60.8 Å². The maximum atomic E-state index is 4.11. The van der Waals surface area contributed by atoms with Crippen molar-refractivity contribution in [3.8, 4) is 0 Å². The van der Waals surface area contributed by atoms with Crippen molar-refractivity contribution in [3.63, 3.8) is 0 Å². The molecule has 0 N–H and O–H groups in total. The first-order chi connectivity index (χ1) is 5.29. The summed E-state index contributed by atoms with van der Waals surface area (Å²) in [4.78, 5) is 4.11. The normalized spacial score (nSPS) is 9.08. The molecule has 0 spiro atoms. The summed E-state index contributed by atoms with van der Waals surface area (Å²) in [5.74, 6) is 0. The summed E-state index contributed by atoms with van der Waals surface area (Å²) in [6.07, 6.45) is 4.73. The quantitative estimate of drug-likeness (QED) is 0.595. The van der Waals surface area contributed by atoms with Crippen molar-refractivity contribution in [3.05, 3.63) is 30.1 Å². The summed E-state index contributed by atoms with van der Waals surface area (Å²) in [5.41, 5.74) is 2.13. The SMILES string of the molecule is Cc1c[c-]nc2c1[c-]cn2C.[W].[Y]. The Bertz CT molecular complexity index is 397. The van der Waals surface area contributed by atoms with Crippen molar-refractivity contribution in [2.45, 2.75) is 6.92 Å². The smallest absolute Gasteiger partial charge is 0.0120 e. The molecule has 0 aliphatic heterocycles. The zero-order chi connectivity index (χ0) is 7.84. The molecule has 0 unspecified atom stereocenters. The number of hydrogen-bond donors (Lipinski definition) is 0. The Kier molecular flexibility index (Phi) is 5.58. The first-order valence-electron chi connectivity index (χ1n) is 3.49. The van der Waals surface area contributed by atoms with E-state index in [1.165, 1.54) is 5.56 Å². The number of aromatic nitrogens is 2. The Morgan fingerprint density at radius 3 is 2.77 bits per heavy atom. The number of hydrogen-bond acceptors (Lipinski definition) is 1. The molecule has 0 aromatic carbocycles. The minimum Gasteiger partial charge on any atom is -0.400 e. The first kappa shape index (κ1) is 13.5. The fourth-order valence-electron chi connectivity index (χ4n) is 1.15. The van der Waals surface area contributed by atoms with Gasteiger partial charge >= 0.3 is 0 Å². The van der Waals surface area contributed by atoms with Gasteiger partial charge in [0.1, 0.15) is 0 Å². The number of rotatable bonds is 0. The zero-order valence-corrected chi connectivity index (χ0v) is 13.3. The molecule has 2 rings (SSSR count). The maximum Gasteiger partial charge on any atom is 0.0120 e. The summed E-state index contributed by atoms with van der Waals surface area (Å²) in [6.45, 7) is 2.04. The predicted octanol–water partition coefficient (Wildman–Crippen LogP) is 1.48. The Hall–Kier alpha value is 0.482. The molecule has 1 radical (unpaired) electrons. The van der Waals surface area contributed by atoms with Crippen LogP contribution in [0.15, 0.2) is 12.3 Å². The fraction of sp³-hybridized carbons (Fsp3) is 0.222. The maximum absolute atomic E-state index is 4.11. The minimum absolute atomic E-state index is 0. The number of aryl methyl sites for hydroxylation is 2. The van der Waals surface area contributed by atoms with Crippen LogP contribution in [0.3, 0.4) is 0 Å². The molecule has 0 bridgehead atoms. The fourth-order valence-corrected chi connectivity index (χ4v) is 1.15. The van der Waals surface area contributed by atoms with Crippen molar-refractivity contribution < 1.29 is 53.8 Å². The van der Waals surface area contributed by atoms with Gasteiger partial charge in [0, 0.05) is 59.4 Å². The van der Waals surface area contributed by atoms with Crippen LogP contribution < -0.4 is 0 Å². The Labute approximate surface area is 117 Å². The topological polar surface area (TPSA) is 17.8 Å². The van der Waals surface area contributed by atoms with Crippen molar-refractivity contribution in [1.29, 1.82) is 0 Å². The molecule has 2 aromatic heterocycles. The zero-order valence-electron chi connectivity index (χ0n) is 7.53. The second kappa shape index (κ2) is 5.38. The van der Waals surface area contributed by atoms with Crippen LogP contribution in [-0.4, -0.2) is 9.55 Å². The predicted molar refractivity (Wildman–Crippen MR) is 43.1 cm³/mol. The molecule has 2 nitrogen and oxygen atoms in total. The van der Waals surface area contributed by atoms with Gasteiger partial charge in [0.15, 0.2) is 0 Å². The van der Waals surface area contributed by atoms with Gasteiger partial charge < -0.3 is 9.55 Å². The summed E-state index contributed by atoms with van der Waals surface area (Å²) in [7, 11) is 1.96. The van der Waals surface area contributed by atoms with Gasteiger partial charge in [-0.2, -0.15) is 17.7 Å². The van der Waals surface area contributed by atoms with Crippen LogP contribution in [0.4, 0.5) is 0 Å². The molecular weight excluding hydrogens is 409 g/mol. The van der Waals surface area contributed by atoms with Gasteiger partial charge in [-0.1, -0.05) is 19.3 Å². The van der Waals surface area contributed by atoms with E-state index in [1.807, 2.05) is 30.8 Å². The average molecular weight is 417 g/mol. The molecule has 2 aromatic rings. The summed E-state index contributed by atoms with van der Waals surface area (Å²) in [5, 5.41) is 1.09. The molecular formula is C9H8N2WY-2. The minimum atomic E-state index is 0. The number of fused-ring (bicyclic) bond motifs is 1.